The SMILES string of the molecule is COC(=O)/C=C(\C(C#Cc1ccccc1)=C\c1ccccc1)c1ccccc1. The number of allylic oxidation sites excluding steroid dienone is 2. The van der Waals surface area contributed by atoms with Crippen LogP contribution in [0.25, 0.3) is 11.6 Å². The fourth-order valence-corrected chi connectivity index (χ4v) is 2.67. The van der Waals surface area contributed by atoms with E-state index in [0.717, 1.165) is 27.8 Å². The Hall–Kier alpha value is -3.83. The standard InChI is InChI=1S/C26H20O2/c1-28-26(27)20-25(23-15-9-4-10-16-23)24(19-22-13-7-3-8-14-22)18-17-21-11-5-2-6-12-21/h2-16,19-20H,1H3/b24-19+,25-20-. The molecule has 0 fully saturated rings. The lowest BCUT2D eigenvalue weighted by atomic mass is 9.95. The predicted octanol–water partition coefficient (Wildman–Crippen LogP) is 5.38. The number of hydrogen-bond donors (Lipinski definition) is 0. The summed E-state index contributed by atoms with van der Waals surface area (Å²) < 4.78 is 4.87. The summed E-state index contributed by atoms with van der Waals surface area (Å²) in [6.45, 7) is 0. The molecule has 0 bridgehead atoms. The number of carbonyl (C=O) groups excluding carboxylic acids is 1. The molecule has 0 aliphatic carbocycles. The van der Waals surface area contributed by atoms with Gasteiger partial charge in [-0.25, -0.2) is 4.79 Å². The van der Waals surface area contributed by atoms with Crippen molar-refractivity contribution >= 4 is 17.6 Å². The maximum atomic E-state index is 12.1. The first kappa shape index (κ1) is 18.9. The molecule has 2 heteroatoms. The predicted molar refractivity (Wildman–Crippen MR) is 114 cm³/mol. The van der Waals surface area contributed by atoms with Crippen molar-refractivity contribution in [2.75, 3.05) is 7.11 Å². The summed E-state index contributed by atoms with van der Waals surface area (Å²) in [5, 5.41) is 0. The molecule has 0 radical (unpaired) electrons. The molecule has 0 atom stereocenters. The van der Waals surface area contributed by atoms with Crippen LogP contribution in [-0.4, -0.2) is 13.1 Å². The Morgan fingerprint density at radius 3 is 2.00 bits per heavy atom. The highest BCUT2D eigenvalue weighted by atomic mass is 16.5. The number of carbonyl (C=O) groups is 1. The van der Waals surface area contributed by atoms with Gasteiger partial charge in [-0.2, -0.15) is 0 Å². The highest BCUT2D eigenvalue weighted by Crippen LogP contribution is 2.25. The van der Waals surface area contributed by atoms with Crippen molar-refractivity contribution in [2.45, 2.75) is 0 Å². The molecule has 0 saturated carbocycles. The van der Waals surface area contributed by atoms with Gasteiger partial charge in [-0.1, -0.05) is 90.7 Å². The van der Waals surface area contributed by atoms with Crippen LogP contribution in [0.3, 0.4) is 0 Å². The summed E-state index contributed by atoms with van der Waals surface area (Å²) in [6.07, 6.45) is 3.47. The van der Waals surface area contributed by atoms with E-state index in [4.69, 9.17) is 4.74 Å². The zero-order valence-corrected chi connectivity index (χ0v) is 15.6. The van der Waals surface area contributed by atoms with E-state index in [0.29, 0.717) is 0 Å². The molecule has 0 N–H and O–H groups in total. The van der Waals surface area contributed by atoms with Crippen LogP contribution in [0.4, 0.5) is 0 Å². The lowest BCUT2D eigenvalue weighted by Crippen LogP contribution is -1.99. The quantitative estimate of drug-likeness (QED) is 0.269. The Morgan fingerprint density at radius 2 is 1.39 bits per heavy atom. The first-order chi connectivity index (χ1) is 13.8. The minimum atomic E-state index is -0.417. The van der Waals surface area contributed by atoms with Crippen LogP contribution >= 0.6 is 0 Å². The minimum Gasteiger partial charge on any atom is -0.466 e. The van der Waals surface area contributed by atoms with Crippen LogP contribution < -0.4 is 0 Å². The fourth-order valence-electron chi connectivity index (χ4n) is 2.67. The van der Waals surface area contributed by atoms with E-state index in [1.165, 1.54) is 13.2 Å². The summed E-state index contributed by atoms with van der Waals surface area (Å²) in [5.41, 5.74) is 4.28. The van der Waals surface area contributed by atoms with Gasteiger partial charge >= 0.3 is 5.97 Å². The smallest absolute Gasteiger partial charge is 0.331 e. The maximum absolute atomic E-state index is 12.1. The second-order valence-electron chi connectivity index (χ2n) is 6.03. The Balaban J connectivity index is 2.15. The Bertz CT molecular complexity index is 1040. The molecule has 0 unspecified atom stereocenters. The third kappa shape index (κ3) is 5.33. The number of ether oxygens (including phenoxy) is 1. The van der Waals surface area contributed by atoms with Crippen LogP contribution in [0.1, 0.15) is 16.7 Å². The molecule has 0 saturated heterocycles. The molecule has 0 aromatic heterocycles. The Morgan fingerprint density at radius 1 is 0.821 bits per heavy atom. The summed E-state index contributed by atoms with van der Waals surface area (Å²) in [6, 6.07) is 29.4. The molecule has 136 valence electrons. The van der Waals surface area contributed by atoms with E-state index in [1.54, 1.807) is 0 Å². The average molecular weight is 364 g/mol. The highest BCUT2D eigenvalue weighted by Gasteiger charge is 2.10. The van der Waals surface area contributed by atoms with Gasteiger partial charge in [0.05, 0.1) is 7.11 Å². The zero-order chi connectivity index (χ0) is 19.6. The number of benzene rings is 3. The number of methoxy groups -OCH3 is 1. The molecule has 0 aliphatic heterocycles. The van der Waals surface area contributed by atoms with E-state index >= 15 is 0 Å². The Kier molecular flexibility index (Phi) is 6.60. The zero-order valence-electron chi connectivity index (χ0n) is 15.6. The number of hydrogen-bond acceptors (Lipinski definition) is 2. The summed E-state index contributed by atoms with van der Waals surface area (Å²) in [5.74, 6) is 6.03. The normalized spacial score (nSPS) is 11.3. The second-order valence-corrected chi connectivity index (χ2v) is 6.03. The summed E-state index contributed by atoms with van der Waals surface area (Å²) in [7, 11) is 1.37. The van der Waals surface area contributed by atoms with Gasteiger partial charge in [-0.15, -0.1) is 0 Å². The molecule has 0 amide bonds. The highest BCUT2D eigenvalue weighted by molar-refractivity contribution is 6.00. The third-order valence-electron chi connectivity index (χ3n) is 4.06. The van der Waals surface area contributed by atoms with E-state index in [9.17, 15) is 4.79 Å². The van der Waals surface area contributed by atoms with Crippen molar-refractivity contribution in [2.24, 2.45) is 0 Å². The molecule has 3 rings (SSSR count). The molecule has 3 aromatic carbocycles. The second kappa shape index (κ2) is 9.75. The first-order valence-electron chi connectivity index (χ1n) is 8.95. The molecule has 3 aromatic rings. The molecule has 0 heterocycles. The lowest BCUT2D eigenvalue weighted by Gasteiger charge is -2.08. The number of rotatable bonds is 4. The van der Waals surface area contributed by atoms with Gasteiger partial charge in [-0.3, -0.25) is 0 Å². The molecule has 28 heavy (non-hydrogen) atoms. The molecule has 2 nitrogen and oxygen atoms in total. The van der Waals surface area contributed by atoms with Crippen LogP contribution in [0.15, 0.2) is 103 Å². The molecule has 0 aliphatic rings. The van der Waals surface area contributed by atoms with E-state index in [2.05, 4.69) is 11.8 Å². The van der Waals surface area contributed by atoms with Gasteiger partial charge in [0, 0.05) is 22.8 Å². The van der Waals surface area contributed by atoms with E-state index < -0.39 is 5.97 Å². The molecular formula is C26H20O2. The first-order valence-corrected chi connectivity index (χ1v) is 8.95. The van der Waals surface area contributed by atoms with Crippen LogP contribution in [0.5, 0.6) is 0 Å². The van der Waals surface area contributed by atoms with Crippen molar-refractivity contribution in [3.05, 3.63) is 119 Å². The van der Waals surface area contributed by atoms with Gasteiger partial charge in [0.2, 0.25) is 0 Å². The van der Waals surface area contributed by atoms with Crippen molar-refractivity contribution in [1.82, 2.24) is 0 Å². The maximum Gasteiger partial charge on any atom is 0.331 e. The van der Waals surface area contributed by atoms with Crippen LogP contribution in [0.2, 0.25) is 0 Å². The van der Waals surface area contributed by atoms with Gasteiger partial charge in [0.1, 0.15) is 0 Å². The summed E-state index contributed by atoms with van der Waals surface area (Å²) >= 11 is 0. The lowest BCUT2D eigenvalue weighted by molar-refractivity contribution is -0.134. The van der Waals surface area contributed by atoms with Crippen molar-refractivity contribution in [3.8, 4) is 11.8 Å². The van der Waals surface area contributed by atoms with Crippen molar-refractivity contribution < 1.29 is 9.53 Å². The number of esters is 1. The van der Waals surface area contributed by atoms with E-state index in [1.807, 2.05) is 97.1 Å². The van der Waals surface area contributed by atoms with Gasteiger partial charge < -0.3 is 4.74 Å². The Labute approximate surface area is 165 Å². The molecular weight excluding hydrogens is 344 g/mol. The van der Waals surface area contributed by atoms with Crippen LogP contribution in [0, 0.1) is 11.8 Å². The van der Waals surface area contributed by atoms with Crippen LogP contribution in [-0.2, 0) is 9.53 Å². The largest absolute Gasteiger partial charge is 0.466 e. The summed E-state index contributed by atoms with van der Waals surface area (Å²) in [4.78, 5) is 12.1. The topological polar surface area (TPSA) is 26.3 Å². The fraction of sp³-hybridized carbons (Fsp3) is 0.0385. The third-order valence-corrected chi connectivity index (χ3v) is 4.06. The molecule has 0 spiro atoms. The van der Waals surface area contributed by atoms with Crippen molar-refractivity contribution in [1.29, 1.82) is 0 Å². The van der Waals surface area contributed by atoms with Gasteiger partial charge in [0.25, 0.3) is 0 Å². The average Bonchev–Trinajstić information content (AvgIpc) is 2.77. The van der Waals surface area contributed by atoms with Gasteiger partial charge in [0.15, 0.2) is 0 Å². The minimum absolute atomic E-state index is 0.417. The monoisotopic (exact) mass is 364 g/mol. The van der Waals surface area contributed by atoms with Crippen molar-refractivity contribution in [3.63, 3.8) is 0 Å². The van der Waals surface area contributed by atoms with E-state index in [-0.39, 0.29) is 0 Å². The van der Waals surface area contributed by atoms with Gasteiger partial charge in [-0.05, 0) is 29.3 Å².